The van der Waals surface area contributed by atoms with E-state index in [1.165, 1.54) is 11.1 Å². The van der Waals surface area contributed by atoms with Crippen LogP contribution in [0.3, 0.4) is 0 Å². The van der Waals surface area contributed by atoms with Crippen LogP contribution in [-0.2, 0) is 11.3 Å². The fraction of sp³-hybridized carbons (Fsp3) is 0.500. The topological polar surface area (TPSA) is 41.1 Å². The van der Waals surface area contributed by atoms with E-state index >= 15 is 0 Å². The average Bonchev–Trinajstić information content (AvgIpc) is 2.37. The van der Waals surface area contributed by atoms with Gasteiger partial charge in [-0.15, -0.1) is 12.4 Å². The third-order valence-electron chi connectivity index (χ3n) is 3.26. The summed E-state index contributed by atoms with van der Waals surface area (Å²) in [5.41, 5.74) is 2.41. The molecular formula is C14H21ClN2O. The molecule has 0 aliphatic carbocycles. The minimum Gasteiger partial charge on any atom is -0.352 e. The lowest BCUT2D eigenvalue weighted by Crippen LogP contribution is -2.37. The van der Waals surface area contributed by atoms with E-state index in [9.17, 15) is 4.79 Å². The van der Waals surface area contributed by atoms with Gasteiger partial charge in [-0.05, 0) is 38.4 Å². The second-order valence-corrected chi connectivity index (χ2v) is 4.73. The maximum Gasteiger partial charge on any atom is 0.223 e. The molecule has 0 bridgehead atoms. The Morgan fingerprint density at radius 1 is 1.39 bits per heavy atom. The zero-order chi connectivity index (χ0) is 12.1. The fourth-order valence-electron chi connectivity index (χ4n) is 2.24. The van der Waals surface area contributed by atoms with Gasteiger partial charge < -0.3 is 10.6 Å². The van der Waals surface area contributed by atoms with Crippen molar-refractivity contribution in [2.24, 2.45) is 5.92 Å². The Balaban J connectivity index is 0.00000162. The molecule has 1 aliphatic rings. The fourth-order valence-corrected chi connectivity index (χ4v) is 2.24. The molecule has 3 nitrogen and oxygen atoms in total. The van der Waals surface area contributed by atoms with E-state index in [4.69, 9.17) is 0 Å². The Hall–Kier alpha value is -1.06. The predicted molar refractivity (Wildman–Crippen MR) is 75.9 cm³/mol. The minimum atomic E-state index is 0. The molecule has 0 saturated carbocycles. The van der Waals surface area contributed by atoms with Crippen molar-refractivity contribution in [2.75, 3.05) is 13.1 Å². The number of hydrogen-bond acceptors (Lipinski definition) is 2. The Morgan fingerprint density at radius 2 is 2.11 bits per heavy atom. The van der Waals surface area contributed by atoms with Gasteiger partial charge in [-0.2, -0.15) is 0 Å². The maximum atomic E-state index is 11.9. The zero-order valence-electron chi connectivity index (χ0n) is 10.7. The largest absolute Gasteiger partial charge is 0.352 e. The van der Waals surface area contributed by atoms with Gasteiger partial charge in [-0.25, -0.2) is 0 Å². The van der Waals surface area contributed by atoms with Crippen molar-refractivity contribution in [3.8, 4) is 0 Å². The highest BCUT2D eigenvalue weighted by Gasteiger charge is 2.20. The third kappa shape index (κ3) is 4.31. The molecule has 0 aromatic heterocycles. The average molecular weight is 269 g/mol. The van der Waals surface area contributed by atoms with Crippen LogP contribution in [0.5, 0.6) is 0 Å². The lowest BCUT2D eigenvalue weighted by atomic mass is 9.97. The molecule has 1 heterocycles. The number of amides is 1. The normalized spacial score (nSPS) is 15.8. The number of benzene rings is 1. The third-order valence-corrected chi connectivity index (χ3v) is 3.26. The summed E-state index contributed by atoms with van der Waals surface area (Å²) < 4.78 is 0. The van der Waals surface area contributed by atoms with Gasteiger partial charge in [-0.3, -0.25) is 4.79 Å². The van der Waals surface area contributed by atoms with Crippen LogP contribution in [0.1, 0.15) is 24.0 Å². The highest BCUT2D eigenvalue weighted by atomic mass is 35.5. The summed E-state index contributed by atoms with van der Waals surface area (Å²) in [4.78, 5) is 11.9. The van der Waals surface area contributed by atoms with Crippen molar-refractivity contribution in [3.05, 3.63) is 35.4 Å². The molecule has 2 rings (SSSR count). The molecule has 1 amide bonds. The second-order valence-electron chi connectivity index (χ2n) is 4.73. The van der Waals surface area contributed by atoms with Gasteiger partial charge in [0, 0.05) is 12.5 Å². The molecule has 1 saturated heterocycles. The first-order chi connectivity index (χ1) is 8.25. The summed E-state index contributed by atoms with van der Waals surface area (Å²) in [5, 5.41) is 6.30. The molecule has 0 spiro atoms. The van der Waals surface area contributed by atoms with Crippen LogP contribution in [0.15, 0.2) is 24.3 Å². The van der Waals surface area contributed by atoms with Gasteiger partial charge in [0.1, 0.15) is 0 Å². The second kappa shape index (κ2) is 7.39. The summed E-state index contributed by atoms with van der Waals surface area (Å²) in [7, 11) is 0. The number of nitrogens with one attached hydrogen (secondary N) is 2. The summed E-state index contributed by atoms with van der Waals surface area (Å²) in [6, 6.07) is 8.26. The molecule has 0 radical (unpaired) electrons. The summed E-state index contributed by atoms with van der Waals surface area (Å²) in [6.45, 7) is 4.63. The molecule has 1 fully saturated rings. The Kier molecular flexibility index (Phi) is 6.16. The lowest BCUT2D eigenvalue weighted by molar-refractivity contribution is -0.125. The van der Waals surface area contributed by atoms with Gasteiger partial charge >= 0.3 is 0 Å². The molecule has 1 aliphatic heterocycles. The van der Waals surface area contributed by atoms with Crippen molar-refractivity contribution in [2.45, 2.75) is 26.3 Å². The molecule has 1 aromatic rings. The van der Waals surface area contributed by atoms with Gasteiger partial charge in [0.2, 0.25) is 5.91 Å². The van der Waals surface area contributed by atoms with Crippen molar-refractivity contribution in [1.29, 1.82) is 0 Å². The van der Waals surface area contributed by atoms with Crippen LogP contribution < -0.4 is 10.6 Å². The van der Waals surface area contributed by atoms with E-state index in [-0.39, 0.29) is 24.2 Å². The highest BCUT2D eigenvalue weighted by molar-refractivity contribution is 5.85. The van der Waals surface area contributed by atoms with Crippen LogP contribution in [0.2, 0.25) is 0 Å². The number of aryl methyl sites for hydroxylation is 1. The van der Waals surface area contributed by atoms with Crippen molar-refractivity contribution < 1.29 is 4.79 Å². The quantitative estimate of drug-likeness (QED) is 0.881. The SMILES string of the molecule is Cc1cccc(CNC(=O)C2CCNCC2)c1.Cl. The Morgan fingerprint density at radius 3 is 2.78 bits per heavy atom. The molecule has 0 atom stereocenters. The Bertz CT molecular complexity index is 389. The number of rotatable bonds is 3. The number of halogens is 1. The first-order valence-electron chi connectivity index (χ1n) is 6.29. The van der Waals surface area contributed by atoms with E-state index in [0.29, 0.717) is 6.54 Å². The first-order valence-corrected chi connectivity index (χ1v) is 6.29. The molecule has 100 valence electrons. The smallest absolute Gasteiger partial charge is 0.223 e. The van der Waals surface area contributed by atoms with Crippen LogP contribution >= 0.6 is 12.4 Å². The molecule has 0 unspecified atom stereocenters. The first kappa shape index (κ1) is 15.0. The number of piperidine rings is 1. The van der Waals surface area contributed by atoms with Gasteiger partial charge in [-0.1, -0.05) is 29.8 Å². The van der Waals surface area contributed by atoms with E-state index in [2.05, 4.69) is 35.8 Å². The van der Waals surface area contributed by atoms with Crippen LogP contribution in [0.25, 0.3) is 0 Å². The van der Waals surface area contributed by atoms with Crippen LogP contribution in [0.4, 0.5) is 0 Å². The molecule has 18 heavy (non-hydrogen) atoms. The number of hydrogen-bond donors (Lipinski definition) is 2. The van der Waals surface area contributed by atoms with E-state index in [1.807, 2.05) is 6.07 Å². The highest BCUT2D eigenvalue weighted by Crippen LogP contribution is 2.12. The maximum absolute atomic E-state index is 11.9. The summed E-state index contributed by atoms with van der Waals surface area (Å²) in [6.07, 6.45) is 1.92. The minimum absolute atomic E-state index is 0. The zero-order valence-corrected chi connectivity index (χ0v) is 11.6. The standard InChI is InChI=1S/C14H20N2O.ClH/c1-11-3-2-4-12(9-11)10-16-14(17)13-5-7-15-8-6-13;/h2-4,9,13,15H,5-8,10H2,1H3,(H,16,17);1H. The molecule has 1 aromatic carbocycles. The van der Waals surface area contributed by atoms with Crippen LogP contribution in [-0.4, -0.2) is 19.0 Å². The molecular weight excluding hydrogens is 248 g/mol. The summed E-state index contributed by atoms with van der Waals surface area (Å²) in [5.74, 6) is 0.397. The van der Waals surface area contributed by atoms with Crippen molar-refractivity contribution in [1.82, 2.24) is 10.6 Å². The van der Waals surface area contributed by atoms with E-state index in [0.717, 1.165) is 25.9 Å². The predicted octanol–water partition coefficient (Wildman–Crippen LogP) is 2.03. The van der Waals surface area contributed by atoms with Crippen LogP contribution in [0, 0.1) is 12.8 Å². The lowest BCUT2D eigenvalue weighted by Gasteiger charge is -2.21. The van der Waals surface area contributed by atoms with Gasteiger partial charge in [0.05, 0.1) is 0 Å². The Labute approximate surface area is 115 Å². The molecule has 4 heteroatoms. The number of carbonyl (C=O) groups excluding carboxylic acids is 1. The summed E-state index contributed by atoms with van der Waals surface area (Å²) >= 11 is 0. The molecule has 2 N–H and O–H groups in total. The van der Waals surface area contributed by atoms with Gasteiger partial charge in [0.15, 0.2) is 0 Å². The number of carbonyl (C=O) groups is 1. The van der Waals surface area contributed by atoms with Gasteiger partial charge in [0.25, 0.3) is 0 Å². The van der Waals surface area contributed by atoms with E-state index in [1.54, 1.807) is 0 Å². The van der Waals surface area contributed by atoms with E-state index < -0.39 is 0 Å². The van der Waals surface area contributed by atoms with Crippen molar-refractivity contribution in [3.63, 3.8) is 0 Å². The van der Waals surface area contributed by atoms with Crippen molar-refractivity contribution >= 4 is 18.3 Å². The monoisotopic (exact) mass is 268 g/mol.